The van der Waals surface area contributed by atoms with Gasteiger partial charge in [0.05, 0.1) is 6.54 Å². The Bertz CT molecular complexity index is 318. The molecule has 1 aliphatic heterocycles. The maximum atomic E-state index is 11.2. The Hall–Kier alpha value is -1.32. The number of nitrogens with zero attached hydrogens (tertiary/aromatic N) is 2. The summed E-state index contributed by atoms with van der Waals surface area (Å²) in [6.45, 7) is 3.42. The Morgan fingerprint density at radius 1 is 1.62 bits per heavy atom. The molecule has 2 rings (SSSR count). The van der Waals surface area contributed by atoms with Gasteiger partial charge < -0.3 is 4.90 Å². The molecule has 0 aromatic carbocycles. The first-order chi connectivity index (χ1) is 6.25. The van der Waals surface area contributed by atoms with Gasteiger partial charge in [0.2, 0.25) is 0 Å². The van der Waals surface area contributed by atoms with E-state index in [1.165, 1.54) is 0 Å². The van der Waals surface area contributed by atoms with E-state index in [1.54, 1.807) is 0 Å². The van der Waals surface area contributed by atoms with Crippen LogP contribution in [0.4, 0.5) is 5.82 Å². The van der Waals surface area contributed by atoms with Gasteiger partial charge in [-0.3, -0.25) is 9.89 Å². The van der Waals surface area contributed by atoms with Crippen molar-refractivity contribution in [3.63, 3.8) is 0 Å². The van der Waals surface area contributed by atoms with Gasteiger partial charge in [0, 0.05) is 24.7 Å². The lowest BCUT2D eigenvalue weighted by atomic mass is 10.1. The molecule has 4 heteroatoms. The molecule has 1 aliphatic rings. The van der Waals surface area contributed by atoms with Crippen molar-refractivity contribution in [1.29, 1.82) is 0 Å². The summed E-state index contributed by atoms with van der Waals surface area (Å²) in [5.41, 5.74) is 1.04. The fourth-order valence-corrected chi connectivity index (χ4v) is 1.60. The second-order valence-electron chi connectivity index (χ2n) is 3.47. The number of ketones is 1. The topological polar surface area (TPSA) is 49.0 Å². The highest BCUT2D eigenvalue weighted by Crippen LogP contribution is 2.15. The van der Waals surface area contributed by atoms with Gasteiger partial charge in [-0.2, -0.15) is 5.10 Å². The highest BCUT2D eigenvalue weighted by molar-refractivity contribution is 5.84. The molecule has 1 aromatic rings. The molecule has 2 heterocycles. The van der Waals surface area contributed by atoms with Gasteiger partial charge in [0.1, 0.15) is 0 Å². The van der Waals surface area contributed by atoms with Gasteiger partial charge in [0.15, 0.2) is 11.6 Å². The van der Waals surface area contributed by atoms with Crippen molar-refractivity contribution in [2.24, 2.45) is 0 Å². The number of aromatic nitrogens is 2. The molecule has 0 radical (unpaired) electrons. The number of hydrogen-bond donors (Lipinski definition) is 1. The van der Waals surface area contributed by atoms with Crippen LogP contribution in [0.15, 0.2) is 6.07 Å². The predicted molar refractivity (Wildman–Crippen MR) is 49.8 cm³/mol. The van der Waals surface area contributed by atoms with Crippen LogP contribution in [-0.2, 0) is 4.79 Å². The first-order valence-electron chi connectivity index (χ1n) is 4.54. The molecule has 1 aromatic heterocycles. The number of Topliss-reactive ketones (excluding diaryl/α,β-unsaturated/α-hetero) is 1. The predicted octanol–water partition coefficient (Wildman–Crippen LogP) is 0.887. The molecule has 1 saturated heterocycles. The van der Waals surface area contributed by atoms with Gasteiger partial charge in [-0.15, -0.1) is 0 Å². The standard InChI is InChI=1S/C9H13N3O/c1-7-5-9(11-10-7)12-4-2-3-8(13)6-12/h5H,2-4,6H2,1H3,(H,10,11). The number of hydrogen-bond acceptors (Lipinski definition) is 3. The summed E-state index contributed by atoms with van der Waals surface area (Å²) < 4.78 is 0. The van der Waals surface area contributed by atoms with E-state index < -0.39 is 0 Å². The van der Waals surface area contributed by atoms with E-state index in [0.29, 0.717) is 12.3 Å². The first-order valence-corrected chi connectivity index (χ1v) is 4.54. The van der Waals surface area contributed by atoms with Crippen LogP contribution in [0.3, 0.4) is 0 Å². The molecule has 0 bridgehead atoms. The number of aromatic amines is 1. The SMILES string of the molecule is Cc1cc(N2CCCC(=O)C2)n[nH]1. The lowest BCUT2D eigenvalue weighted by Gasteiger charge is -2.25. The third kappa shape index (κ3) is 1.71. The molecular weight excluding hydrogens is 166 g/mol. The van der Waals surface area contributed by atoms with Gasteiger partial charge in [-0.1, -0.05) is 0 Å². The molecule has 4 nitrogen and oxygen atoms in total. The zero-order chi connectivity index (χ0) is 9.26. The van der Waals surface area contributed by atoms with Crippen LogP contribution < -0.4 is 4.90 Å². The van der Waals surface area contributed by atoms with E-state index in [4.69, 9.17) is 0 Å². The van der Waals surface area contributed by atoms with Gasteiger partial charge in [0.25, 0.3) is 0 Å². The number of H-pyrrole nitrogens is 1. The fraction of sp³-hybridized carbons (Fsp3) is 0.556. The second kappa shape index (κ2) is 3.20. The van der Waals surface area contributed by atoms with Gasteiger partial charge >= 0.3 is 0 Å². The average molecular weight is 179 g/mol. The number of nitrogens with one attached hydrogen (secondary N) is 1. The van der Waals surface area contributed by atoms with Crippen LogP contribution in [0.2, 0.25) is 0 Å². The fourth-order valence-electron chi connectivity index (χ4n) is 1.60. The Morgan fingerprint density at radius 3 is 3.08 bits per heavy atom. The number of anilines is 1. The summed E-state index contributed by atoms with van der Waals surface area (Å²) in [5, 5.41) is 7.00. The summed E-state index contributed by atoms with van der Waals surface area (Å²) in [6.07, 6.45) is 1.67. The Kier molecular flexibility index (Phi) is 2.04. The zero-order valence-electron chi connectivity index (χ0n) is 7.71. The van der Waals surface area contributed by atoms with Crippen LogP contribution in [0.25, 0.3) is 0 Å². The summed E-state index contributed by atoms with van der Waals surface area (Å²) >= 11 is 0. The minimum Gasteiger partial charge on any atom is -0.348 e. The number of aryl methyl sites for hydroxylation is 1. The minimum absolute atomic E-state index is 0.312. The number of piperidine rings is 1. The smallest absolute Gasteiger partial charge is 0.152 e. The van der Waals surface area contributed by atoms with Crippen molar-refractivity contribution < 1.29 is 4.79 Å². The third-order valence-electron chi connectivity index (χ3n) is 2.27. The second-order valence-corrected chi connectivity index (χ2v) is 3.47. The van der Waals surface area contributed by atoms with Crippen molar-refractivity contribution in [1.82, 2.24) is 10.2 Å². The van der Waals surface area contributed by atoms with Crippen LogP contribution in [-0.4, -0.2) is 29.1 Å². The third-order valence-corrected chi connectivity index (χ3v) is 2.27. The molecule has 0 unspecified atom stereocenters. The molecule has 0 aliphatic carbocycles. The van der Waals surface area contributed by atoms with Crippen molar-refractivity contribution in [3.05, 3.63) is 11.8 Å². The zero-order valence-corrected chi connectivity index (χ0v) is 7.71. The van der Waals surface area contributed by atoms with Crippen LogP contribution in [0, 0.1) is 6.92 Å². The molecular formula is C9H13N3O. The van der Waals surface area contributed by atoms with E-state index in [0.717, 1.165) is 30.9 Å². The summed E-state index contributed by atoms with van der Waals surface area (Å²) in [4.78, 5) is 13.2. The van der Waals surface area contributed by atoms with Gasteiger partial charge in [-0.05, 0) is 13.3 Å². The lowest BCUT2D eigenvalue weighted by Crippen LogP contribution is -2.35. The Balaban J connectivity index is 2.12. The molecule has 0 saturated carbocycles. The van der Waals surface area contributed by atoms with E-state index in [-0.39, 0.29) is 0 Å². The summed E-state index contributed by atoms with van der Waals surface area (Å²) in [7, 11) is 0. The van der Waals surface area contributed by atoms with Crippen molar-refractivity contribution >= 4 is 11.6 Å². The maximum absolute atomic E-state index is 11.2. The first kappa shape index (κ1) is 8.29. The quantitative estimate of drug-likeness (QED) is 0.696. The number of rotatable bonds is 1. The molecule has 13 heavy (non-hydrogen) atoms. The van der Waals surface area contributed by atoms with Crippen molar-refractivity contribution in [3.8, 4) is 0 Å². The van der Waals surface area contributed by atoms with Crippen LogP contribution in [0.5, 0.6) is 0 Å². The minimum atomic E-state index is 0.312. The van der Waals surface area contributed by atoms with E-state index in [1.807, 2.05) is 17.9 Å². The molecule has 0 atom stereocenters. The molecule has 1 N–H and O–H groups in total. The van der Waals surface area contributed by atoms with E-state index >= 15 is 0 Å². The van der Waals surface area contributed by atoms with Crippen LogP contribution in [0.1, 0.15) is 18.5 Å². The Morgan fingerprint density at radius 2 is 2.46 bits per heavy atom. The highest BCUT2D eigenvalue weighted by Gasteiger charge is 2.18. The number of carbonyl (C=O) groups excluding carboxylic acids is 1. The monoisotopic (exact) mass is 179 g/mol. The number of carbonyl (C=O) groups is 1. The van der Waals surface area contributed by atoms with Crippen molar-refractivity contribution in [2.75, 3.05) is 18.0 Å². The summed E-state index contributed by atoms with van der Waals surface area (Å²) in [5.74, 6) is 1.21. The van der Waals surface area contributed by atoms with Gasteiger partial charge in [-0.25, -0.2) is 0 Å². The van der Waals surface area contributed by atoms with Crippen molar-refractivity contribution in [2.45, 2.75) is 19.8 Å². The lowest BCUT2D eigenvalue weighted by molar-refractivity contribution is -0.118. The average Bonchev–Trinajstić information content (AvgIpc) is 2.52. The largest absolute Gasteiger partial charge is 0.348 e. The van der Waals surface area contributed by atoms with E-state index in [9.17, 15) is 4.79 Å². The van der Waals surface area contributed by atoms with Crippen LogP contribution >= 0.6 is 0 Å². The Labute approximate surface area is 76.9 Å². The molecule has 0 amide bonds. The maximum Gasteiger partial charge on any atom is 0.152 e. The summed E-state index contributed by atoms with van der Waals surface area (Å²) in [6, 6.07) is 1.97. The van der Waals surface area contributed by atoms with E-state index in [2.05, 4.69) is 10.2 Å². The molecule has 70 valence electrons. The highest BCUT2D eigenvalue weighted by atomic mass is 16.1. The molecule has 0 spiro atoms. The normalized spacial score (nSPS) is 17.9. The molecule has 1 fully saturated rings.